The minimum Gasteiger partial charge on any atom is -0.478 e. The van der Waals surface area contributed by atoms with E-state index < -0.39 is 5.97 Å². The zero-order valence-electron chi connectivity index (χ0n) is 10.9. The van der Waals surface area contributed by atoms with Gasteiger partial charge in [-0.15, -0.1) is 0 Å². The predicted molar refractivity (Wildman–Crippen MR) is 70.4 cm³/mol. The molecule has 5 nitrogen and oxygen atoms in total. The Balaban J connectivity index is 1.91. The van der Waals surface area contributed by atoms with Gasteiger partial charge in [-0.1, -0.05) is 0 Å². The fraction of sp³-hybridized carbons (Fsp3) is 0.571. The van der Waals surface area contributed by atoms with Crippen LogP contribution in [0.4, 0.5) is 5.69 Å². The van der Waals surface area contributed by atoms with Crippen LogP contribution < -0.4 is 4.90 Å². The van der Waals surface area contributed by atoms with E-state index >= 15 is 0 Å². The average Bonchev–Trinajstić information content (AvgIpc) is 2.91. The van der Waals surface area contributed by atoms with Gasteiger partial charge in [0.25, 0.3) is 0 Å². The Morgan fingerprint density at radius 3 is 2.89 bits per heavy atom. The Labute approximate surface area is 111 Å². The topological polar surface area (TPSA) is 73.7 Å². The fourth-order valence-electron chi connectivity index (χ4n) is 3.41. The predicted octanol–water partition coefficient (Wildman–Crippen LogP) is 1.30. The van der Waals surface area contributed by atoms with Crippen LogP contribution in [0.5, 0.6) is 0 Å². The normalized spacial score (nSPS) is 29.6. The zero-order valence-corrected chi connectivity index (χ0v) is 10.9. The molecule has 0 aromatic carbocycles. The molecule has 0 amide bonds. The minimum absolute atomic E-state index is 0.230. The summed E-state index contributed by atoms with van der Waals surface area (Å²) in [5.41, 5.74) is 1.80. The number of aromatic carboxylic acids is 1. The Morgan fingerprint density at radius 1 is 1.42 bits per heavy atom. The first-order chi connectivity index (χ1) is 9.06. The second-order valence-corrected chi connectivity index (χ2v) is 5.62. The monoisotopic (exact) mass is 262 g/mol. The fourth-order valence-corrected chi connectivity index (χ4v) is 3.41. The first kappa shape index (κ1) is 12.4. The standard InChI is InChI=1S/C14H18N2O3/c1-8-4-12(10(5-15-8)14(18)19)16-6-9-2-3-13(17)11(9)7-16/h4-5,9,11,13,17H,2-3,6-7H2,1H3,(H,18,19). The number of hydrogen-bond donors (Lipinski definition) is 2. The molecule has 0 radical (unpaired) electrons. The van der Waals surface area contributed by atoms with Gasteiger partial charge >= 0.3 is 5.97 Å². The lowest BCUT2D eigenvalue weighted by Crippen LogP contribution is -2.26. The van der Waals surface area contributed by atoms with Gasteiger partial charge in [-0.2, -0.15) is 0 Å². The SMILES string of the molecule is Cc1cc(N2CC3CCC(O)C3C2)c(C(=O)O)cn1. The van der Waals surface area contributed by atoms with E-state index in [1.54, 1.807) is 0 Å². The van der Waals surface area contributed by atoms with Crippen molar-refractivity contribution in [3.8, 4) is 0 Å². The summed E-state index contributed by atoms with van der Waals surface area (Å²) in [5, 5.41) is 19.2. The van der Waals surface area contributed by atoms with Gasteiger partial charge in [0.2, 0.25) is 0 Å². The van der Waals surface area contributed by atoms with Crippen LogP contribution in [-0.4, -0.2) is 40.4 Å². The third kappa shape index (κ3) is 2.08. The lowest BCUT2D eigenvalue weighted by Gasteiger charge is -2.22. The second kappa shape index (κ2) is 4.49. The van der Waals surface area contributed by atoms with Gasteiger partial charge in [0.1, 0.15) is 5.56 Å². The highest BCUT2D eigenvalue weighted by Gasteiger charge is 2.42. The van der Waals surface area contributed by atoms with Crippen molar-refractivity contribution < 1.29 is 15.0 Å². The number of pyridine rings is 1. The van der Waals surface area contributed by atoms with E-state index in [9.17, 15) is 15.0 Å². The maximum atomic E-state index is 11.3. The number of carboxylic acids is 1. The summed E-state index contributed by atoms with van der Waals surface area (Å²) in [6.45, 7) is 3.45. The van der Waals surface area contributed by atoms with Gasteiger partial charge in [0.15, 0.2) is 0 Å². The molecule has 19 heavy (non-hydrogen) atoms. The Morgan fingerprint density at radius 2 is 2.21 bits per heavy atom. The largest absolute Gasteiger partial charge is 0.478 e. The van der Waals surface area contributed by atoms with Gasteiger partial charge in [0, 0.05) is 30.9 Å². The number of aliphatic hydroxyl groups excluding tert-OH is 1. The molecule has 0 bridgehead atoms. The summed E-state index contributed by atoms with van der Waals surface area (Å²) in [4.78, 5) is 17.4. The third-order valence-corrected chi connectivity index (χ3v) is 4.41. The molecule has 2 fully saturated rings. The molecule has 2 N–H and O–H groups in total. The van der Waals surface area contributed by atoms with Gasteiger partial charge in [0.05, 0.1) is 11.8 Å². The number of aromatic nitrogens is 1. The lowest BCUT2D eigenvalue weighted by atomic mass is 10.00. The zero-order chi connectivity index (χ0) is 13.6. The smallest absolute Gasteiger partial charge is 0.339 e. The summed E-state index contributed by atoms with van der Waals surface area (Å²) in [6.07, 6.45) is 3.11. The number of aryl methyl sites for hydroxylation is 1. The molecule has 3 atom stereocenters. The second-order valence-electron chi connectivity index (χ2n) is 5.62. The quantitative estimate of drug-likeness (QED) is 0.840. The van der Waals surface area contributed by atoms with E-state index in [4.69, 9.17) is 0 Å². The number of nitrogens with zero attached hydrogens (tertiary/aromatic N) is 2. The third-order valence-electron chi connectivity index (χ3n) is 4.41. The van der Waals surface area contributed by atoms with Crippen LogP contribution in [0.3, 0.4) is 0 Å². The summed E-state index contributed by atoms with van der Waals surface area (Å²) >= 11 is 0. The van der Waals surface area contributed by atoms with Gasteiger partial charge in [-0.25, -0.2) is 4.79 Å². The number of aliphatic hydroxyl groups is 1. The van der Waals surface area contributed by atoms with E-state index in [2.05, 4.69) is 9.88 Å². The summed E-state index contributed by atoms with van der Waals surface area (Å²) in [7, 11) is 0. The number of anilines is 1. The number of carboxylic acid groups (broad SMARTS) is 1. The highest BCUT2D eigenvalue weighted by atomic mass is 16.4. The van der Waals surface area contributed by atoms with E-state index in [1.807, 2.05) is 13.0 Å². The van der Waals surface area contributed by atoms with Crippen molar-refractivity contribution in [2.45, 2.75) is 25.9 Å². The van der Waals surface area contributed by atoms with Crippen LogP contribution >= 0.6 is 0 Å². The first-order valence-electron chi connectivity index (χ1n) is 6.69. The van der Waals surface area contributed by atoms with E-state index in [0.29, 0.717) is 5.92 Å². The highest BCUT2D eigenvalue weighted by Crippen LogP contribution is 2.40. The number of fused-ring (bicyclic) bond motifs is 1. The molecular weight excluding hydrogens is 244 g/mol. The van der Waals surface area contributed by atoms with Gasteiger partial charge < -0.3 is 15.1 Å². The Hall–Kier alpha value is -1.62. The van der Waals surface area contributed by atoms with Crippen molar-refractivity contribution >= 4 is 11.7 Å². The molecular formula is C14H18N2O3. The van der Waals surface area contributed by atoms with Crippen molar-refractivity contribution in [3.63, 3.8) is 0 Å². The van der Waals surface area contributed by atoms with Gasteiger partial charge in [-0.05, 0) is 31.7 Å². The van der Waals surface area contributed by atoms with E-state index in [1.165, 1.54) is 6.20 Å². The average molecular weight is 262 g/mol. The van der Waals surface area contributed by atoms with Crippen molar-refractivity contribution in [2.75, 3.05) is 18.0 Å². The van der Waals surface area contributed by atoms with Crippen LogP contribution in [0.15, 0.2) is 12.3 Å². The van der Waals surface area contributed by atoms with E-state index in [0.717, 1.165) is 37.3 Å². The van der Waals surface area contributed by atoms with Crippen molar-refractivity contribution in [1.29, 1.82) is 0 Å². The van der Waals surface area contributed by atoms with Crippen molar-refractivity contribution in [3.05, 3.63) is 23.5 Å². The maximum Gasteiger partial charge on any atom is 0.339 e. The minimum atomic E-state index is -0.944. The summed E-state index contributed by atoms with van der Waals surface area (Å²) < 4.78 is 0. The molecule has 1 aromatic heterocycles. The Bertz CT molecular complexity index is 517. The first-order valence-corrected chi connectivity index (χ1v) is 6.69. The molecule has 5 heteroatoms. The molecule has 1 aliphatic carbocycles. The highest BCUT2D eigenvalue weighted by molar-refractivity contribution is 5.94. The van der Waals surface area contributed by atoms with Gasteiger partial charge in [-0.3, -0.25) is 4.98 Å². The maximum absolute atomic E-state index is 11.3. The van der Waals surface area contributed by atoms with Crippen molar-refractivity contribution in [1.82, 2.24) is 4.98 Å². The van der Waals surface area contributed by atoms with E-state index in [-0.39, 0.29) is 17.6 Å². The van der Waals surface area contributed by atoms with Crippen LogP contribution in [0, 0.1) is 18.8 Å². The number of rotatable bonds is 2. The molecule has 3 unspecified atom stereocenters. The van der Waals surface area contributed by atoms with Crippen molar-refractivity contribution in [2.24, 2.45) is 11.8 Å². The van der Waals surface area contributed by atoms with Crippen LogP contribution in [0.25, 0.3) is 0 Å². The number of hydrogen-bond acceptors (Lipinski definition) is 4. The molecule has 1 aliphatic heterocycles. The molecule has 0 spiro atoms. The summed E-state index contributed by atoms with van der Waals surface area (Å²) in [6, 6.07) is 1.83. The number of carbonyl (C=O) groups is 1. The molecule has 102 valence electrons. The molecule has 1 aromatic rings. The van der Waals surface area contributed by atoms with Crippen LogP contribution in [-0.2, 0) is 0 Å². The molecule has 1 saturated heterocycles. The summed E-state index contributed by atoms with van der Waals surface area (Å²) in [5.74, 6) is -0.166. The lowest BCUT2D eigenvalue weighted by molar-refractivity contribution is 0.0697. The van der Waals surface area contributed by atoms with Crippen LogP contribution in [0.1, 0.15) is 28.9 Å². The Kier molecular flexibility index (Phi) is 2.93. The molecule has 3 rings (SSSR count). The van der Waals surface area contributed by atoms with Crippen LogP contribution in [0.2, 0.25) is 0 Å². The molecule has 1 saturated carbocycles. The molecule has 2 heterocycles. The molecule has 2 aliphatic rings.